The molecule has 0 bridgehead atoms. The average molecular weight is 242 g/mol. The molecular weight excluding hydrogens is 226 g/mol. The van der Waals surface area contributed by atoms with Crippen LogP contribution in [0, 0.1) is 0 Å². The highest BCUT2D eigenvalue weighted by molar-refractivity contribution is 6.33. The Morgan fingerprint density at radius 2 is 1.94 bits per heavy atom. The van der Waals surface area contributed by atoms with Crippen molar-refractivity contribution in [1.82, 2.24) is 0 Å². The molecule has 0 heterocycles. The predicted molar refractivity (Wildman–Crippen MR) is 65.3 cm³/mol. The Labute approximate surface area is 100 Å². The largest absolute Gasteiger partial charge is 0.493 e. The predicted octanol–water partition coefficient (Wildman–Crippen LogP) is 3.25. The first kappa shape index (κ1) is 11.4. The fourth-order valence-electron chi connectivity index (χ4n) is 1.99. The number of halogens is 1. The molecule has 1 aliphatic rings. The summed E-state index contributed by atoms with van der Waals surface area (Å²) in [5, 5.41) is 0.496. The fraction of sp³-hybridized carbons (Fsp3) is 0.500. The topological polar surface area (TPSA) is 44.5 Å². The Balaban J connectivity index is 2.20. The third kappa shape index (κ3) is 2.35. The summed E-state index contributed by atoms with van der Waals surface area (Å²) in [5.41, 5.74) is 6.27. The standard InChI is InChI=1S/C12H16ClNO2/c1-15-11-6-9(13)10(14)7-12(11)16-8-4-2-3-5-8/h6-8H,2-5,14H2,1H3. The van der Waals surface area contributed by atoms with Crippen LogP contribution in [0.3, 0.4) is 0 Å². The van der Waals surface area contributed by atoms with Crippen LogP contribution in [-0.4, -0.2) is 13.2 Å². The molecule has 2 N–H and O–H groups in total. The SMILES string of the molecule is COc1cc(Cl)c(N)cc1OC1CCCC1. The zero-order valence-corrected chi connectivity index (χ0v) is 10.1. The highest BCUT2D eigenvalue weighted by Gasteiger charge is 2.19. The fourth-order valence-corrected chi connectivity index (χ4v) is 2.14. The number of benzene rings is 1. The van der Waals surface area contributed by atoms with Gasteiger partial charge in [0.25, 0.3) is 0 Å². The van der Waals surface area contributed by atoms with Crippen LogP contribution in [-0.2, 0) is 0 Å². The number of anilines is 1. The second-order valence-corrected chi connectivity index (χ2v) is 4.46. The molecule has 1 aromatic rings. The molecule has 1 aromatic carbocycles. The minimum atomic E-state index is 0.287. The van der Waals surface area contributed by atoms with Crippen LogP contribution >= 0.6 is 11.6 Å². The number of hydrogen-bond donors (Lipinski definition) is 1. The summed E-state index contributed by atoms with van der Waals surface area (Å²) in [6.45, 7) is 0. The third-order valence-corrected chi connectivity index (χ3v) is 3.21. The second kappa shape index (κ2) is 4.83. The van der Waals surface area contributed by atoms with E-state index in [0.29, 0.717) is 22.2 Å². The summed E-state index contributed by atoms with van der Waals surface area (Å²) in [7, 11) is 1.60. The van der Waals surface area contributed by atoms with Gasteiger partial charge in [-0.3, -0.25) is 0 Å². The van der Waals surface area contributed by atoms with Crippen molar-refractivity contribution in [2.75, 3.05) is 12.8 Å². The Bertz CT molecular complexity index is 376. The molecule has 2 rings (SSSR count). The van der Waals surface area contributed by atoms with Gasteiger partial charge in [-0.05, 0) is 25.7 Å². The van der Waals surface area contributed by atoms with Gasteiger partial charge in [-0.1, -0.05) is 11.6 Å². The lowest BCUT2D eigenvalue weighted by molar-refractivity contribution is 0.201. The van der Waals surface area contributed by atoms with Crippen molar-refractivity contribution >= 4 is 17.3 Å². The number of nitrogens with two attached hydrogens (primary N) is 1. The summed E-state index contributed by atoms with van der Waals surface area (Å²) in [6, 6.07) is 3.43. The Kier molecular flexibility index (Phi) is 3.44. The zero-order valence-electron chi connectivity index (χ0n) is 9.33. The molecule has 3 nitrogen and oxygen atoms in total. The molecule has 1 saturated carbocycles. The van der Waals surface area contributed by atoms with Crippen molar-refractivity contribution in [3.8, 4) is 11.5 Å². The molecule has 0 amide bonds. The molecule has 0 spiro atoms. The van der Waals surface area contributed by atoms with Gasteiger partial charge in [-0.25, -0.2) is 0 Å². The lowest BCUT2D eigenvalue weighted by Crippen LogP contribution is -2.11. The highest BCUT2D eigenvalue weighted by Crippen LogP contribution is 2.36. The van der Waals surface area contributed by atoms with E-state index in [4.69, 9.17) is 26.8 Å². The molecule has 0 aliphatic heterocycles. The maximum Gasteiger partial charge on any atom is 0.163 e. The molecule has 16 heavy (non-hydrogen) atoms. The highest BCUT2D eigenvalue weighted by atomic mass is 35.5. The maximum atomic E-state index is 5.92. The number of methoxy groups -OCH3 is 1. The monoisotopic (exact) mass is 241 g/mol. The van der Waals surface area contributed by atoms with E-state index in [9.17, 15) is 0 Å². The van der Waals surface area contributed by atoms with Crippen molar-refractivity contribution in [3.63, 3.8) is 0 Å². The molecule has 0 saturated heterocycles. The maximum absolute atomic E-state index is 5.92. The third-order valence-electron chi connectivity index (χ3n) is 2.88. The number of nitrogen functional groups attached to an aromatic ring is 1. The van der Waals surface area contributed by atoms with E-state index in [0.717, 1.165) is 12.8 Å². The molecule has 1 fully saturated rings. The first-order valence-electron chi connectivity index (χ1n) is 5.50. The van der Waals surface area contributed by atoms with Gasteiger partial charge >= 0.3 is 0 Å². The van der Waals surface area contributed by atoms with Gasteiger partial charge in [0.2, 0.25) is 0 Å². The van der Waals surface area contributed by atoms with E-state index in [-0.39, 0.29) is 6.10 Å². The van der Waals surface area contributed by atoms with Crippen molar-refractivity contribution in [2.45, 2.75) is 31.8 Å². The summed E-state index contributed by atoms with van der Waals surface area (Å²) in [6.07, 6.45) is 4.96. The first-order chi connectivity index (χ1) is 7.70. The van der Waals surface area contributed by atoms with E-state index in [1.165, 1.54) is 12.8 Å². The Hall–Kier alpha value is -1.09. The average Bonchev–Trinajstić information content (AvgIpc) is 2.76. The van der Waals surface area contributed by atoms with Crippen LogP contribution in [0.25, 0.3) is 0 Å². The molecule has 0 unspecified atom stereocenters. The van der Waals surface area contributed by atoms with Crippen LogP contribution in [0.4, 0.5) is 5.69 Å². The Morgan fingerprint density at radius 3 is 2.56 bits per heavy atom. The van der Waals surface area contributed by atoms with E-state index < -0.39 is 0 Å². The molecular formula is C12H16ClNO2. The lowest BCUT2D eigenvalue weighted by atomic mass is 10.2. The van der Waals surface area contributed by atoms with Crippen LogP contribution in [0.1, 0.15) is 25.7 Å². The Morgan fingerprint density at radius 1 is 1.25 bits per heavy atom. The van der Waals surface area contributed by atoms with Gasteiger partial charge < -0.3 is 15.2 Å². The van der Waals surface area contributed by atoms with Crippen molar-refractivity contribution < 1.29 is 9.47 Å². The summed E-state index contributed by atoms with van der Waals surface area (Å²) >= 11 is 5.92. The first-order valence-corrected chi connectivity index (χ1v) is 5.88. The van der Waals surface area contributed by atoms with Crippen LogP contribution < -0.4 is 15.2 Å². The minimum absolute atomic E-state index is 0.287. The smallest absolute Gasteiger partial charge is 0.163 e. The van der Waals surface area contributed by atoms with Crippen LogP contribution in [0.5, 0.6) is 11.5 Å². The van der Waals surface area contributed by atoms with E-state index in [1.807, 2.05) is 0 Å². The molecule has 0 aromatic heterocycles. The van der Waals surface area contributed by atoms with Gasteiger partial charge in [0.05, 0.1) is 23.9 Å². The summed E-state index contributed by atoms with van der Waals surface area (Å²) in [5.74, 6) is 1.34. The van der Waals surface area contributed by atoms with Crippen molar-refractivity contribution in [1.29, 1.82) is 0 Å². The molecule has 0 radical (unpaired) electrons. The van der Waals surface area contributed by atoms with Gasteiger partial charge in [-0.15, -0.1) is 0 Å². The van der Waals surface area contributed by atoms with Crippen molar-refractivity contribution in [2.24, 2.45) is 0 Å². The quantitative estimate of drug-likeness (QED) is 0.827. The summed E-state index contributed by atoms with van der Waals surface area (Å²) < 4.78 is 11.1. The van der Waals surface area contributed by atoms with Crippen LogP contribution in [0.2, 0.25) is 5.02 Å². The summed E-state index contributed by atoms with van der Waals surface area (Å²) in [4.78, 5) is 0. The lowest BCUT2D eigenvalue weighted by Gasteiger charge is -2.16. The molecule has 1 aliphatic carbocycles. The molecule has 0 atom stereocenters. The number of rotatable bonds is 3. The van der Waals surface area contributed by atoms with Gasteiger partial charge in [0, 0.05) is 12.1 Å². The van der Waals surface area contributed by atoms with Gasteiger partial charge in [-0.2, -0.15) is 0 Å². The normalized spacial score (nSPS) is 16.4. The van der Waals surface area contributed by atoms with Crippen molar-refractivity contribution in [3.05, 3.63) is 17.2 Å². The van der Waals surface area contributed by atoms with Gasteiger partial charge in [0.15, 0.2) is 11.5 Å². The molecule has 88 valence electrons. The van der Waals surface area contributed by atoms with Crippen LogP contribution in [0.15, 0.2) is 12.1 Å². The van der Waals surface area contributed by atoms with E-state index in [1.54, 1.807) is 19.2 Å². The number of ether oxygens (including phenoxy) is 2. The van der Waals surface area contributed by atoms with Gasteiger partial charge in [0.1, 0.15) is 0 Å². The van der Waals surface area contributed by atoms with E-state index in [2.05, 4.69) is 0 Å². The van der Waals surface area contributed by atoms with E-state index >= 15 is 0 Å². The minimum Gasteiger partial charge on any atom is -0.493 e. The second-order valence-electron chi connectivity index (χ2n) is 4.05. The number of hydrogen-bond acceptors (Lipinski definition) is 3. The molecule has 4 heteroatoms. The zero-order chi connectivity index (χ0) is 11.5.